The summed E-state index contributed by atoms with van der Waals surface area (Å²) >= 11 is 0. The number of hydrogen-bond donors (Lipinski definition) is 2. The maximum absolute atomic E-state index is 11.6. The molecule has 1 saturated heterocycles. The third-order valence-electron chi connectivity index (χ3n) is 2.71. The third kappa shape index (κ3) is 4.84. The number of ether oxygens (including phenoxy) is 1. The van der Waals surface area contributed by atoms with Gasteiger partial charge in [0, 0.05) is 12.1 Å². The van der Waals surface area contributed by atoms with Crippen LogP contribution in [-0.2, 0) is 4.74 Å². The van der Waals surface area contributed by atoms with Gasteiger partial charge in [0.05, 0.1) is 0 Å². The molecule has 4 nitrogen and oxygen atoms in total. The lowest BCUT2D eigenvalue weighted by molar-refractivity contribution is 0.0490. The molecule has 16 heavy (non-hydrogen) atoms. The molecule has 0 aromatic carbocycles. The fourth-order valence-electron chi connectivity index (χ4n) is 1.92. The second-order valence-electron chi connectivity index (χ2n) is 5.43. The first-order valence-corrected chi connectivity index (χ1v) is 6.13. The quantitative estimate of drug-likeness (QED) is 0.760. The van der Waals surface area contributed by atoms with Crippen molar-refractivity contribution in [3.63, 3.8) is 0 Å². The second-order valence-corrected chi connectivity index (χ2v) is 5.43. The molecule has 0 spiro atoms. The van der Waals surface area contributed by atoms with Gasteiger partial charge in [-0.2, -0.15) is 0 Å². The van der Waals surface area contributed by atoms with E-state index >= 15 is 0 Å². The van der Waals surface area contributed by atoms with Crippen molar-refractivity contribution in [2.75, 3.05) is 6.54 Å². The van der Waals surface area contributed by atoms with Crippen LogP contribution < -0.4 is 10.6 Å². The van der Waals surface area contributed by atoms with Crippen LogP contribution >= 0.6 is 0 Å². The van der Waals surface area contributed by atoms with E-state index in [1.165, 1.54) is 0 Å². The molecule has 0 saturated carbocycles. The molecule has 0 aromatic heterocycles. The smallest absolute Gasteiger partial charge is 0.407 e. The maximum Gasteiger partial charge on any atom is 0.407 e. The minimum Gasteiger partial charge on any atom is -0.444 e. The van der Waals surface area contributed by atoms with E-state index in [2.05, 4.69) is 17.6 Å². The van der Waals surface area contributed by atoms with Crippen LogP contribution in [0.5, 0.6) is 0 Å². The summed E-state index contributed by atoms with van der Waals surface area (Å²) in [5.74, 6) is 0. The molecule has 0 bridgehead atoms. The maximum atomic E-state index is 11.6. The van der Waals surface area contributed by atoms with Crippen molar-refractivity contribution in [3.8, 4) is 0 Å². The first-order chi connectivity index (χ1) is 7.40. The molecule has 0 aromatic rings. The predicted octanol–water partition coefficient (Wildman–Crippen LogP) is 2.04. The van der Waals surface area contributed by atoms with Gasteiger partial charge >= 0.3 is 6.09 Å². The van der Waals surface area contributed by atoms with Crippen LogP contribution in [0.15, 0.2) is 0 Å². The summed E-state index contributed by atoms with van der Waals surface area (Å²) in [6.45, 7) is 8.77. The number of alkyl carbamates (subject to hydrolysis) is 1. The first-order valence-electron chi connectivity index (χ1n) is 6.13. The highest BCUT2D eigenvalue weighted by Gasteiger charge is 2.24. The van der Waals surface area contributed by atoms with Crippen LogP contribution in [0.25, 0.3) is 0 Å². The number of nitrogens with one attached hydrogen (secondary N) is 2. The average molecular weight is 228 g/mol. The molecule has 1 heterocycles. The lowest BCUT2D eigenvalue weighted by Crippen LogP contribution is -2.48. The van der Waals surface area contributed by atoms with E-state index in [0.717, 1.165) is 25.8 Å². The van der Waals surface area contributed by atoms with Gasteiger partial charge < -0.3 is 15.4 Å². The zero-order valence-corrected chi connectivity index (χ0v) is 10.8. The molecule has 94 valence electrons. The van der Waals surface area contributed by atoms with Crippen molar-refractivity contribution < 1.29 is 9.53 Å². The fraction of sp³-hybridized carbons (Fsp3) is 0.917. The van der Waals surface area contributed by atoms with E-state index < -0.39 is 5.60 Å². The zero-order chi connectivity index (χ0) is 12.2. The Morgan fingerprint density at radius 1 is 1.50 bits per heavy atom. The number of piperidine rings is 1. The molecular weight excluding hydrogens is 204 g/mol. The summed E-state index contributed by atoms with van der Waals surface area (Å²) in [6.07, 6.45) is 2.78. The minimum absolute atomic E-state index is 0.251. The van der Waals surface area contributed by atoms with Crippen molar-refractivity contribution >= 4 is 6.09 Å². The van der Waals surface area contributed by atoms with Crippen LogP contribution in [0, 0.1) is 0 Å². The molecule has 2 atom stereocenters. The highest BCUT2D eigenvalue weighted by atomic mass is 16.6. The molecule has 2 N–H and O–H groups in total. The van der Waals surface area contributed by atoms with Crippen molar-refractivity contribution in [1.82, 2.24) is 10.6 Å². The molecule has 0 aliphatic carbocycles. The molecule has 0 unspecified atom stereocenters. The summed E-state index contributed by atoms with van der Waals surface area (Å²) in [6, 6.07) is 0.773. The van der Waals surface area contributed by atoms with Crippen LogP contribution in [-0.4, -0.2) is 30.3 Å². The molecule has 1 aliphatic rings. The Morgan fingerprint density at radius 2 is 2.19 bits per heavy atom. The topological polar surface area (TPSA) is 50.4 Å². The number of rotatable bonds is 2. The number of amides is 1. The summed E-state index contributed by atoms with van der Waals surface area (Å²) in [5.41, 5.74) is -0.416. The van der Waals surface area contributed by atoms with Gasteiger partial charge in [-0.05, 0) is 46.6 Å². The lowest BCUT2D eigenvalue weighted by atomic mass is 9.98. The predicted molar refractivity (Wildman–Crippen MR) is 64.5 cm³/mol. The van der Waals surface area contributed by atoms with Crippen molar-refractivity contribution in [1.29, 1.82) is 0 Å². The summed E-state index contributed by atoms with van der Waals surface area (Å²) in [5, 5.41) is 6.37. The average Bonchev–Trinajstić information content (AvgIpc) is 2.15. The Hall–Kier alpha value is -0.770. The van der Waals surface area contributed by atoms with Gasteiger partial charge in [-0.25, -0.2) is 4.79 Å². The Bertz CT molecular complexity index is 236. The van der Waals surface area contributed by atoms with Crippen LogP contribution in [0.4, 0.5) is 4.79 Å². The number of hydrogen-bond acceptors (Lipinski definition) is 3. The van der Waals surface area contributed by atoms with Crippen LogP contribution in [0.2, 0.25) is 0 Å². The van der Waals surface area contributed by atoms with E-state index in [0.29, 0.717) is 6.04 Å². The molecule has 1 amide bonds. The normalized spacial score (nSPS) is 26.2. The van der Waals surface area contributed by atoms with Gasteiger partial charge in [0.15, 0.2) is 0 Å². The van der Waals surface area contributed by atoms with Gasteiger partial charge in [-0.15, -0.1) is 0 Å². The van der Waals surface area contributed by atoms with E-state index in [4.69, 9.17) is 4.74 Å². The second kappa shape index (κ2) is 5.53. The summed E-state index contributed by atoms with van der Waals surface area (Å²) in [7, 11) is 0. The Kier molecular flexibility index (Phi) is 4.59. The van der Waals surface area contributed by atoms with E-state index in [-0.39, 0.29) is 12.1 Å². The van der Waals surface area contributed by atoms with Crippen molar-refractivity contribution in [2.24, 2.45) is 0 Å². The molecular formula is C12H24N2O2. The monoisotopic (exact) mass is 228 g/mol. The molecule has 4 heteroatoms. The van der Waals surface area contributed by atoms with Crippen LogP contribution in [0.1, 0.15) is 47.0 Å². The largest absolute Gasteiger partial charge is 0.444 e. The highest BCUT2D eigenvalue weighted by Crippen LogP contribution is 2.12. The summed E-state index contributed by atoms with van der Waals surface area (Å²) in [4.78, 5) is 11.6. The molecule has 0 radical (unpaired) electrons. The third-order valence-corrected chi connectivity index (χ3v) is 2.71. The van der Waals surface area contributed by atoms with Gasteiger partial charge in [-0.1, -0.05) is 6.92 Å². The Labute approximate surface area is 98.1 Å². The minimum atomic E-state index is -0.416. The molecule has 1 rings (SSSR count). The van der Waals surface area contributed by atoms with Crippen molar-refractivity contribution in [2.45, 2.75) is 64.6 Å². The SMILES string of the molecule is CC[C@@H]1C[C@H](NC(=O)OC(C)(C)C)CCN1. The summed E-state index contributed by atoms with van der Waals surface area (Å²) < 4.78 is 5.24. The van der Waals surface area contributed by atoms with E-state index in [1.807, 2.05) is 20.8 Å². The van der Waals surface area contributed by atoms with Gasteiger partial charge in [0.2, 0.25) is 0 Å². The van der Waals surface area contributed by atoms with Gasteiger partial charge in [-0.3, -0.25) is 0 Å². The Balaban J connectivity index is 2.33. The van der Waals surface area contributed by atoms with Gasteiger partial charge in [0.25, 0.3) is 0 Å². The molecule has 1 aliphatic heterocycles. The Morgan fingerprint density at radius 3 is 2.75 bits per heavy atom. The number of carbonyl (C=O) groups excluding carboxylic acids is 1. The fourth-order valence-corrected chi connectivity index (χ4v) is 1.92. The van der Waals surface area contributed by atoms with Crippen molar-refractivity contribution in [3.05, 3.63) is 0 Å². The van der Waals surface area contributed by atoms with Gasteiger partial charge in [0.1, 0.15) is 5.60 Å². The first kappa shape index (κ1) is 13.3. The highest BCUT2D eigenvalue weighted by molar-refractivity contribution is 5.68. The van der Waals surface area contributed by atoms with Crippen LogP contribution in [0.3, 0.4) is 0 Å². The molecule has 1 fully saturated rings. The lowest BCUT2D eigenvalue weighted by Gasteiger charge is -2.31. The zero-order valence-electron chi connectivity index (χ0n) is 10.8. The van der Waals surface area contributed by atoms with E-state index in [9.17, 15) is 4.79 Å². The number of carbonyl (C=O) groups is 1. The standard InChI is InChI=1S/C12H24N2O2/c1-5-9-8-10(6-7-13-9)14-11(15)16-12(2,3)4/h9-10,13H,5-8H2,1-4H3,(H,14,15)/t9-,10-/m1/s1. The van der Waals surface area contributed by atoms with E-state index in [1.54, 1.807) is 0 Å².